The summed E-state index contributed by atoms with van der Waals surface area (Å²) < 4.78 is 39.7. The summed E-state index contributed by atoms with van der Waals surface area (Å²) in [4.78, 5) is 23.4. The first kappa shape index (κ1) is 16.4. The Kier molecular flexibility index (Phi) is 4.47. The molecule has 0 atom stereocenters. The number of carbonyl (C=O) groups is 2. The first-order valence-electron chi connectivity index (χ1n) is 6.50. The van der Waals surface area contributed by atoms with Crippen molar-refractivity contribution in [3.8, 4) is 0 Å². The monoisotopic (exact) mass is 330 g/mol. The molecule has 7 nitrogen and oxygen atoms in total. The summed E-state index contributed by atoms with van der Waals surface area (Å²) >= 11 is 0. The van der Waals surface area contributed by atoms with E-state index in [1.54, 1.807) is 7.05 Å². The van der Waals surface area contributed by atoms with Gasteiger partial charge in [0.05, 0.1) is 10.5 Å². The molecule has 1 aromatic rings. The van der Waals surface area contributed by atoms with E-state index in [-0.39, 0.29) is 36.9 Å². The van der Waals surface area contributed by atoms with Gasteiger partial charge in [-0.25, -0.2) is 17.6 Å². The van der Waals surface area contributed by atoms with Gasteiger partial charge in [0.1, 0.15) is 5.82 Å². The van der Waals surface area contributed by atoms with E-state index in [9.17, 15) is 22.4 Å². The highest BCUT2D eigenvalue weighted by molar-refractivity contribution is 7.89. The lowest BCUT2D eigenvalue weighted by Crippen LogP contribution is -2.34. The molecule has 0 aliphatic carbocycles. The first-order chi connectivity index (χ1) is 10.2. The number of aromatic carboxylic acids is 1. The zero-order valence-corrected chi connectivity index (χ0v) is 12.6. The Hall–Kier alpha value is -2.00. The zero-order chi connectivity index (χ0) is 16.5. The van der Waals surface area contributed by atoms with Crippen molar-refractivity contribution in [1.82, 2.24) is 9.21 Å². The molecule has 1 aliphatic heterocycles. The summed E-state index contributed by atoms with van der Waals surface area (Å²) in [5, 5.41) is 8.76. The Labute approximate surface area is 127 Å². The molecular formula is C13H15FN2O5S. The number of carboxylic acid groups (broad SMARTS) is 1. The van der Waals surface area contributed by atoms with Gasteiger partial charge in [-0.1, -0.05) is 0 Å². The average molecular weight is 330 g/mol. The van der Waals surface area contributed by atoms with Crippen LogP contribution in [0.1, 0.15) is 16.8 Å². The van der Waals surface area contributed by atoms with Gasteiger partial charge in [0.25, 0.3) is 0 Å². The molecule has 9 heteroatoms. The van der Waals surface area contributed by atoms with Crippen molar-refractivity contribution < 1.29 is 27.5 Å². The van der Waals surface area contributed by atoms with Gasteiger partial charge in [-0.15, -0.1) is 0 Å². The van der Waals surface area contributed by atoms with Crippen molar-refractivity contribution in [3.63, 3.8) is 0 Å². The number of amides is 1. The number of hydrogen-bond acceptors (Lipinski definition) is 4. The molecular weight excluding hydrogens is 315 g/mol. The fraction of sp³-hybridized carbons (Fsp3) is 0.385. The zero-order valence-electron chi connectivity index (χ0n) is 11.8. The average Bonchev–Trinajstić information content (AvgIpc) is 2.61. The summed E-state index contributed by atoms with van der Waals surface area (Å²) in [6.45, 7) is 0.356. The minimum atomic E-state index is -3.98. The van der Waals surface area contributed by atoms with Crippen LogP contribution in [-0.2, 0) is 14.8 Å². The maximum absolute atomic E-state index is 13.7. The van der Waals surface area contributed by atoms with Crippen LogP contribution in [0.15, 0.2) is 23.1 Å². The molecule has 0 unspecified atom stereocenters. The minimum absolute atomic E-state index is 0.00775. The lowest BCUT2D eigenvalue weighted by molar-refractivity contribution is -0.129. The fourth-order valence-corrected chi connectivity index (χ4v) is 3.57. The van der Waals surface area contributed by atoms with Gasteiger partial charge in [-0.2, -0.15) is 4.31 Å². The van der Waals surface area contributed by atoms with Crippen molar-refractivity contribution in [2.24, 2.45) is 0 Å². The molecule has 1 fully saturated rings. The molecule has 0 radical (unpaired) electrons. The Morgan fingerprint density at radius 1 is 1.27 bits per heavy atom. The molecule has 120 valence electrons. The van der Waals surface area contributed by atoms with Crippen LogP contribution in [0.5, 0.6) is 0 Å². The molecule has 0 spiro atoms. The molecule has 1 amide bonds. The Morgan fingerprint density at radius 3 is 2.55 bits per heavy atom. The number of benzene rings is 1. The van der Waals surface area contributed by atoms with Crippen LogP contribution in [0.4, 0.5) is 4.39 Å². The van der Waals surface area contributed by atoms with Crippen LogP contribution in [0.3, 0.4) is 0 Å². The van der Waals surface area contributed by atoms with Crippen molar-refractivity contribution in [1.29, 1.82) is 0 Å². The third-order valence-electron chi connectivity index (χ3n) is 3.49. The molecule has 0 aromatic heterocycles. The summed E-state index contributed by atoms with van der Waals surface area (Å²) in [6.07, 6.45) is 0.0470. The molecule has 1 aliphatic rings. The maximum Gasteiger partial charge on any atom is 0.338 e. The van der Waals surface area contributed by atoms with Crippen molar-refractivity contribution >= 4 is 21.9 Å². The smallest absolute Gasteiger partial charge is 0.338 e. The van der Waals surface area contributed by atoms with E-state index >= 15 is 0 Å². The van der Waals surface area contributed by atoms with Crippen LogP contribution >= 0.6 is 0 Å². The lowest BCUT2D eigenvalue weighted by Gasteiger charge is -2.20. The summed E-state index contributed by atoms with van der Waals surface area (Å²) in [5.41, 5.74) is -0.593. The SMILES string of the molecule is CN1CCN(S(=O)(=O)c2ccc(C(=O)O)c(F)c2)CCC1=O. The molecule has 0 bridgehead atoms. The van der Waals surface area contributed by atoms with Gasteiger partial charge in [0, 0.05) is 33.1 Å². The fourth-order valence-electron chi connectivity index (χ4n) is 2.13. The van der Waals surface area contributed by atoms with Crippen molar-refractivity contribution in [2.75, 3.05) is 26.7 Å². The highest BCUT2D eigenvalue weighted by atomic mass is 32.2. The van der Waals surface area contributed by atoms with E-state index in [2.05, 4.69) is 0 Å². The van der Waals surface area contributed by atoms with E-state index < -0.39 is 27.4 Å². The van der Waals surface area contributed by atoms with Crippen molar-refractivity contribution in [3.05, 3.63) is 29.6 Å². The number of rotatable bonds is 3. The van der Waals surface area contributed by atoms with E-state index in [4.69, 9.17) is 5.11 Å². The highest BCUT2D eigenvalue weighted by Gasteiger charge is 2.29. The van der Waals surface area contributed by atoms with Crippen LogP contribution < -0.4 is 0 Å². The third kappa shape index (κ3) is 3.09. The van der Waals surface area contributed by atoms with Gasteiger partial charge >= 0.3 is 5.97 Å². The Balaban J connectivity index is 2.32. The standard InChI is InChI=1S/C13H15FN2O5S/c1-15-6-7-16(5-4-12(15)17)22(20,21)9-2-3-10(13(18)19)11(14)8-9/h2-3,8H,4-7H2,1H3,(H,18,19). The number of hydrogen-bond donors (Lipinski definition) is 1. The summed E-state index contributed by atoms with van der Waals surface area (Å²) in [7, 11) is -2.39. The van der Waals surface area contributed by atoms with Gasteiger partial charge in [0.2, 0.25) is 15.9 Å². The number of likely N-dealkylation sites (N-methyl/N-ethyl adjacent to an activating group) is 1. The normalized spacial score (nSPS) is 17.4. The molecule has 1 N–H and O–H groups in total. The van der Waals surface area contributed by atoms with E-state index in [1.807, 2.05) is 0 Å². The summed E-state index contributed by atoms with van der Waals surface area (Å²) in [6, 6.07) is 2.66. The second-order valence-electron chi connectivity index (χ2n) is 4.92. The molecule has 1 aromatic carbocycles. The van der Waals surface area contributed by atoms with Gasteiger partial charge < -0.3 is 10.0 Å². The first-order valence-corrected chi connectivity index (χ1v) is 7.94. The van der Waals surface area contributed by atoms with Gasteiger partial charge in [-0.05, 0) is 18.2 Å². The largest absolute Gasteiger partial charge is 0.478 e. The molecule has 2 rings (SSSR count). The maximum atomic E-state index is 13.7. The van der Waals surface area contributed by atoms with E-state index in [0.29, 0.717) is 6.07 Å². The second-order valence-corrected chi connectivity index (χ2v) is 6.85. The van der Waals surface area contributed by atoms with Crippen LogP contribution in [-0.4, -0.2) is 61.3 Å². The van der Waals surface area contributed by atoms with Crippen LogP contribution in [0.2, 0.25) is 0 Å². The minimum Gasteiger partial charge on any atom is -0.478 e. The van der Waals surface area contributed by atoms with E-state index in [1.165, 1.54) is 4.90 Å². The quantitative estimate of drug-likeness (QED) is 0.864. The molecule has 0 saturated carbocycles. The van der Waals surface area contributed by atoms with Gasteiger partial charge in [-0.3, -0.25) is 4.79 Å². The molecule has 1 saturated heterocycles. The summed E-state index contributed by atoms with van der Waals surface area (Å²) in [5.74, 6) is -2.75. The topological polar surface area (TPSA) is 95.0 Å². The second kappa shape index (κ2) is 6.01. The number of carboxylic acids is 1. The Morgan fingerprint density at radius 2 is 1.95 bits per heavy atom. The van der Waals surface area contributed by atoms with E-state index in [0.717, 1.165) is 16.4 Å². The number of nitrogens with zero attached hydrogens (tertiary/aromatic N) is 2. The third-order valence-corrected chi connectivity index (χ3v) is 5.39. The lowest BCUT2D eigenvalue weighted by atomic mass is 10.2. The predicted molar refractivity (Wildman–Crippen MR) is 74.4 cm³/mol. The van der Waals surface area contributed by atoms with Crippen molar-refractivity contribution in [2.45, 2.75) is 11.3 Å². The van der Waals surface area contributed by atoms with Crippen LogP contribution in [0.25, 0.3) is 0 Å². The highest BCUT2D eigenvalue weighted by Crippen LogP contribution is 2.20. The van der Waals surface area contributed by atoms with Gasteiger partial charge in [0.15, 0.2) is 0 Å². The predicted octanol–water partition coefficient (Wildman–Crippen LogP) is 0.377. The Bertz CT molecular complexity index is 719. The number of carbonyl (C=O) groups excluding carboxylic acids is 1. The molecule has 1 heterocycles. The number of halogens is 1. The number of sulfonamides is 1. The molecule has 22 heavy (non-hydrogen) atoms. The van der Waals surface area contributed by atoms with Crippen LogP contribution in [0, 0.1) is 5.82 Å².